The Labute approximate surface area is 189 Å². The smallest absolute Gasteiger partial charge is 0.295 e. The van der Waals surface area contributed by atoms with Gasteiger partial charge in [-0.2, -0.15) is 13.9 Å². The maximum Gasteiger partial charge on any atom is 0.295 e. The minimum atomic E-state index is -3.35. The van der Waals surface area contributed by atoms with E-state index in [4.69, 9.17) is 9.84 Å². The normalized spacial score (nSPS) is 15.0. The third-order valence-electron chi connectivity index (χ3n) is 5.88. The Morgan fingerprint density at radius 2 is 2.18 bits per heavy atom. The fraction of sp³-hybridized carbons (Fsp3) is 0.333. The SMILES string of the molecule is COc1c(C2=CNCCC2)cc(C(=O)NC(C)c2cccc(C(F)(F)CO)c2)c2[nH]ncc12. The van der Waals surface area contributed by atoms with Gasteiger partial charge in [-0.05, 0) is 43.0 Å². The first-order valence-corrected chi connectivity index (χ1v) is 10.7. The number of fused-ring (bicyclic) bond motifs is 1. The zero-order valence-corrected chi connectivity index (χ0v) is 18.4. The van der Waals surface area contributed by atoms with E-state index in [9.17, 15) is 13.6 Å². The van der Waals surface area contributed by atoms with Crippen LogP contribution in [0.2, 0.25) is 0 Å². The molecule has 4 rings (SSSR count). The van der Waals surface area contributed by atoms with E-state index in [1.54, 1.807) is 32.4 Å². The van der Waals surface area contributed by atoms with Gasteiger partial charge in [-0.15, -0.1) is 0 Å². The quantitative estimate of drug-likeness (QED) is 0.433. The third kappa shape index (κ3) is 4.41. The molecule has 1 unspecified atom stereocenters. The van der Waals surface area contributed by atoms with Crippen molar-refractivity contribution in [2.24, 2.45) is 0 Å². The predicted molar refractivity (Wildman–Crippen MR) is 121 cm³/mol. The molecule has 1 aromatic heterocycles. The van der Waals surface area contributed by atoms with Crippen LogP contribution in [0.1, 0.15) is 52.9 Å². The number of nitrogens with zero attached hydrogens (tertiary/aromatic N) is 1. The number of hydrogen-bond donors (Lipinski definition) is 4. The summed E-state index contributed by atoms with van der Waals surface area (Å²) in [6.45, 7) is 1.32. The zero-order valence-electron chi connectivity index (χ0n) is 18.4. The third-order valence-corrected chi connectivity index (χ3v) is 5.88. The van der Waals surface area contributed by atoms with Crippen LogP contribution in [-0.2, 0) is 5.92 Å². The molecule has 0 spiro atoms. The lowest BCUT2D eigenvalue weighted by atomic mass is 9.94. The lowest BCUT2D eigenvalue weighted by Crippen LogP contribution is -2.27. The second-order valence-corrected chi connectivity index (χ2v) is 8.07. The van der Waals surface area contributed by atoms with Crippen LogP contribution in [0.4, 0.5) is 8.78 Å². The second kappa shape index (κ2) is 9.19. The van der Waals surface area contributed by atoms with Crippen LogP contribution < -0.4 is 15.4 Å². The van der Waals surface area contributed by atoms with E-state index in [1.165, 1.54) is 18.2 Å². The van der Waals surface area contributed by atoms with Gasteiger partial charge in [0.2, 0.25) is 0 Å². The number of amides is 1. The summed E-state index contributed by atoms with van der Waals surface area (Å²) >= 11 is 0. The van der Waals surface area contributed by atoms with Gasteiger partial charge >= 0.3 is 0 Å². The molecule has 0 saturated carbocycles. The lowest BCUT2D eigenvalue weighted by Gasteiger charge is -2.20. The maximum absolute atomic E-state index is 13.9. The van der Waals surface area contributed by atoms with E-state index in [0.717, 1.165) is 30.5 Å². The zero-order chi connectivity index (χ0) is 23.6. The van der Waals surface area contributed by atoms with Gasteiger partial charge in [0, 0.05) is 23.9 Å². The number of carbonyl (C=O) groups excluding carboxylic acids is 1. The molecule has 2 aromatic carbocycles. The molecule has 9 heteroatoms. The van der Waals surface area contributed by atoms with Crippen molar-refractivity contribution in [1.29, 1.82) is 0 Å². The molecule has 4 N–H and O–H groups in total. The molecule has 0 saturated heterocycles. The van der Waals surface area contributed by atoms with Crippen LogP contribution in [0.25, 0.3) is 16.5 Å². The number of nitrogens with one attached hydrogen (secondary N) is 3. The Morgan fingerprint density at radius 1 is 1.36 bits per heavy atom. The molecule has 0 fully saturated rings. The standard InChI is InChI=1S/C24H26F2N4O3/c1-14(15-5-3-7-17(9-15)24(25,26)13-31)29-23(32)19-10-18(16-6-4-8-27-11-16)22(33-2)20-12-28-30-21(19)20/h3,5,7,9-12,14,27,31H,4,6,8,13H2,1-2H3,(H,28,30)(H,29,32). The second-order valence-electron chi connectivity index (χ2n) is 8.07. The molecule has 174 valence electrons. The van der Waals surface area contributed by atoms with Gasteiger partial charge in [-0.3, -0.25) is 9.89 Å². The van der Waals surface area contributed by atoms with E-state index in [-0.39, 0.29) is 11.5 Å². The Kier molecular flexibility index (Phi) is 6.33. The summed E-state index contributed by atoms with van der Waals surface area (Å²) in [5.41, 5.74) is 2.95. The molecule has 2 heterocycles. The number of aromatic amines is 1. The summed E-state index contributed by atoms with van der Waals surface area (Å²) in [6.07, 6.45) is 5.36. The van der Waals surface area contributed by atoms with E-state index in [1.807, 2.05) is 6.20 Å². The van der Waals surface area contributed by atoms with E-state index in [0.29, 0.717) is 27.8 Å². The fourth-order valence-electron chi connectivity index (χ4n) is 4.07. The van der Waals surface area contributed by atoms with E-state index in [2.05, 4.69) is 20.8 Å². The molecular formula is C24H26F2N4O3. The largest absolute Gasteiger partial charge is 0.495 e. The van der Waals surface area contributed by atoms with Crippen molar-refractivity contribution in [3.63, 3.8) is 0 Å². The number of carbonyl (C=O) groups is 1. The molecular weight excluding hydrogens is 430 g/mol. The van der Waals surface area contributed by atoms with Gasteiger partial charge in [0.05, 0.1) is 35.8 Å². The average Bonchev–Trinajstić information content (AvgIpc) is 3.33. The number of aliphatic hydroxyl groups is 1. The molecule has 0 aliphatic carbocycles. The molecule has 3 aromatic rings. The number of rotatable bonds is 7. The number of alkyl halides is 2. The number of aromatic nitrogens is 2. The van der Waals surface area contributed by atoms with Crippen LogP contribution in [0.15, 0.2) is 42.7 Å². The van der Waals surface area contributed by atoms with Crippen LogP contribution in [0, 0.1) is 0 Å². The first-order chi connectivity index (χ1) is 15.9. The number of hydrogen-bond acceptors (Lipinski definition) is 5. The topological polar surface area (TPSA) is 99.3 Å². The number of aliphatic hydroxyl groups excluding tert-OH is 1. The van der Waals surface area contributed by atoms with Crippen LogP contribution >= 0.6 is 0 Å². The van der Waals surface area contributed by atoms with Gasteiger partial charge in [0.25, 0.3) is 11.8 Å². The average molecular weight is 456 g/mol. The van der Waals surface area contributed by atoms with E-state index >= 15 is 0 Å². The Bertz CT molecular complexity index is 1210. The van der Waals surface area contributed by atoms with Gasteiger partial charge in [-0.1, -0.05) is 18.2 Å². The highest BCUT2D eigenvalue weighted by Crippen LogP contribution is 2.38. The van der Waals surface area contributed by atoms with Crippen molar-refractivity contribution >= 4 is 22.4 Å². The van der Waals surface area contributed by atoms with E-state index < -0.39 is 18.6 Å². The fourth-order valence-corrected chi connectivity index (χ4v) is 4.07. The van der Waals surface area contributed by atoms with Gasteiger partial charge in [-0.25, -0.2) is 0 Å². The Morgan fingerprint density at radius 3 is 2.88 bits per heavy atom. The van der Waals surface area contributed by atoms with Crippen molar-refractivity contribution in [1.82, 2.24) is 20.8 Å². The first-order valence-electron chi connectivity index (χ1n) is 10.7. The van der Waals surface area contributed by atoms with Crippen molar-refractivity contribution in [3.8, 4) is 5.75 Å². The molecule has 1 aliphatic rings. The van der Waals surface area contributed by atoms with Gasteiger partial charge in [0.1, 0.15) is 12.4 Å². The summed E-state index contributed by atoms with van der Waals surface area (Å²) in [4.78, 5) is 13.3. The molecule has 7 nitrogen and oxygen atoms in total. The molecule has 0 bridgehead atoms. The summed E-state index contributed by atoms with van der Waals surface area (Å²) in [5, 5.41) is 22.8. The highest BCUT2D eigenvalue weighted by molar-refractivity contribution is 6.09. The highest BCUT2D eigenvalue weighted by atomic mass is 19.3. The summed E-state index contributed by atoms with van der Waals surface area (Å²) in [7, 11) is 1.58. The molecule has 1 amide bonds. The molecule has 33 heavy (non-hydrogen) atoms. The minimum absolute atomic E-state index is 0.303. The van der Waals surface area contributed by atoms with Crippen LogP contribution in [0.5, 0.6) is 5.75 Å². The predicted octanol–water partition coefficient (Wildman–Crippen LogP) is 3.87. The number of benzene rings is 2. The lowest BCUT2D eigenvalue weighted by molar-refractivity contribution is -0.0556. The van der Waals surface area contributed by atoms with Crippen molar-refractivity contribution < 1.29 is 23.4 Å². The van der Waals surface area contributed by atoms with Gasteiger partial charge in [0.15, 0.2) is 0 Å². The number of halogens is 2. The minimum Gasteiger partial charge on any atom is -0.495 e. The monoisotopic (exact) mass is 456 g/mol. The van der Waals surface area contributed by atoms with Crippen molar-refractivity contribution in [3.05, 3.63) is 65.0 Å². The van der Waals surface area contributed by atoms with Crippen LogP contribution in [-0.4, -0.2) is 41.5 Å². The van der Waals surface area contributed by atoms with Gasteiger partial charge < -0.3 is 20.5 Å². The summed E-state index contributed by atoms with van der Waals surface area (Å²) < 4.78 is 33.5. The molecule has 1 atom stereocenters. The Hall–Kier alpha value is -3.46. The number of H-pyrrole nitrogens is 1. The Balaban J connectivity index is 1.68. The highest BCUT2D eigenvalue weighted by Gasteiger charge is 2.31. The van der Waals surface area contributed by atoms with Crippen molar-refractivity contribution in [2.45, 2.75) is 31.7 Å². The number of methoxy groups -OCH3 is 1. The van der Waals surface area contributed by atoms with Crippen LogP contribution in [0.3, 0.4) is 0 Å². The summed E-state index contributed by atoms with van der Waals surface area (Å²) in [5.74, 6) is -3.09. The molecule has 1 aliphatic heterocycles. The number of ether oxygens (including phenoxy) is 1. The maximum atomic E-state index is 13.9. The summed E-state index contributed by atoms with van der Waals surface area (Å²) in [6, 6.07) is 6.92. The molecule has 0 radical (unpaired) electrons. The first kappa shape index (κ1) is 22.7. The van der Waals surface area contributed by atoms with Crippen molar-refractivity contribution in [2.75, 3.05) is 20.3 Å². The number of allylic oxidation sites excluding steroid dienone is 1.